The lowest BCUT2D eigenvalue weighted by Crippen LogP contribution is -2.35. The van der Waals surface area contributed by atoms with Gasteiger partial charge in [-0.25, -0.2) is 9.79 Å². The van der Waals surface area contributed by atoms with E-state index in [2.05, 4.69) is 34.0 Å². The topological polar surface area (TPSA) is 116 Å². The second-order valence-corrected chi connectivity index (χ2v) is 9.65. The Morgan fingerprint density at radius 2 is 1.84 bits per heavy atom. The minimum atomic E-state index is -0.652. The van der Waals surface area contributed by atoms with Crippen LogP contribution in [0, 0.1) is 13.8 Å². The zero-order valence-electron chi connectivity index (χ0n) is 22.8. The molecule has 1 aliphatic heterocycles. The average molecular weight is 541 g/mol. The third-order valence-electron chi connectivity index (χ3n) is 6.26. The van der Waals surface area contributed by atoms with Crippen LogP contribution in [0.1, 0.15) is 48.1 Å². The van der Waals surface area contributed by atoms with Crippen molar-refractivity contribution in [2.24, 2.45) is 4.99 Å². The predicted molar refractivity (Wildman–Crippen MR) is 152 cm³/mol. The molecule has 0 unspecified atom stereocenters. The summed E-state index contributed by atoms with van der Waals surface area (Å²) in [6.45, 7) is 12.9. The first-order chi connectivity index (χ1) is 18.2. The molecule has 3 N–H and O–H groups in total. The van der Waals surface area contributed by atoms with Gasteiger partial charge in [-0.15, -0.1) is 0 Å². The summed E-state index contributed by atoms with van der Waals surface area (Å²) < 4.78 is 10.4. The number of benzene rings is 1. The number of aliphatic hydroxyl groups excluding tert-OH is 1. The van der Waals surface area contributed by atoms with Crippen LogP contribution in [0.4, 0.5) is 5.69 Å². The summed E-state index contributed by atoms with van der Waals surface area (Å²) in [6, 6.07) is 7.06. The summed E-state index contributed by atoms with van der Waals surface area (Å²) in [4.78, 5) is 36.2. The van der Waals surface area contributed by atoms with E-state index in [0.717, 1.165) is 42.7 Å². The highest BCUT2D eigenvalue weighted by molar-refractivity contribution is 8.18. The van der Waals surface area contributed by atoms with Crippen LogP contribution in [-0.4, -0.2) is 71.8 Å². The first kappa shape index (κ1) is 29.1. The Morgan fingerprint density at radius 1 is 1.16 bits per heavy atom. The van der Waals surface area contributed by atoms with Crippen molar-refractivity contribution in [3.05, 3.63) is 63.0 Å². The fourth-order valence-corrected chi connectivity index (χ4v) is 5.13. The van der Waals surface area contributed by atoms with Gasteiger partial charge in [-0.05, 0) is 69.8 Å². The number of nitrogens with one attached hydrogen (secondary N) is 2. The van der Waals surface area contributed by atoms with E-state index >= 15 is 0 Å². The third-order valence-corrected chi connectivity index (χ3v) is 7.28. The summed E-state index contributed by atoms with van der Waals surface area (Å²) >= 11 is 1.16. The summed E-state index contributed by atoms with van der Waals surface area (Å²) in [5.74, 6) is -0.331. The molecule has 0 saturated heterocycles. The molecule has 2 heterocycles. The summed E-state index contributed by atoms with van der Waals surface area (Å²) in [5, 5.41) is 14.3. The van der Waals surface area contributed by atoms with Gasteiger partial charge in [0.05, 0.1) is 29.9 Å². The van der Waals surface area contributed by atoms with Crippen molar-refractivity contribution >= 4 is 40.4 Å². The van der Waals surface area contributed by atoms with Crippen molar-refractivity contribution in [1.82, 2.24) is 15.2 Å². The molecule has 0 fully saturated rings. The molecule has 0 spiro atoms. The molecule has 38 heavy (non-hydrogen) atoms. The van der Waals surface area contributed by atoms with Crippen LogP contribution in [0.2, 0.25) is 0 Å². The maximum Gasteiger partial charge on any atom is 0.344 e. The fourth-order valence-electron chi connectivity index (χ4n) is 4.11. The van der Waals surface area contributed by atoms with Gasteiger partial charge in [0.15, 0.2) is 0 Å². The number of H-pyrrole nitrogens is 1. The molecule has 204 valence electrons. The zero-order chi connectivity index (χ0) is 27.8. The lowest BCUT2D eigenvalue weighted by atomic mass is 10.1. The molecule has 1 aliphatic rings. The van der Waals surface area contributed by atoms with E-state index in [1.54, 1.807) is 44.4 Å². The van der Waals surface area contributed by atoms with Crippen molar-refractivity contribution in [1.29, 1.82) is 0 Å². The molecule has 0 aliphatic carbocycles. The third kappa shape index (κ3) is 6.68. The predicted octanol–water partition coefficient (Wildman–Crippen LogP) is 4.90. The number of aryl methyl sites for hydroxylation is 1. The summed E-state index contributed by atoms with van der Waals surface area (Å²) in [6.07, 6.45) is 1.73. The SMILES string of the molecule is CCOC(=O)C1=C(O)/C(=C\c2[nH]c(C)c(C(=O)NCCN(CC)CC)c2C)SC1=Nc1ccc(OC)cc1. The van der Waals surface area contributed by atoms with Gasteiger partial charge in [-0.1, -0.05) is 25.6 Å². The van der Waals surface area contributed by atoms with Gasteiger partial charge in [0.25, 0.3) is 5.91 Å². The van der Waals surface area contributed by atoms with Gasteiger partial charge in [-0.3, -0.25) is 4.79 Å². The maximum atomic E-state index is 13.0. The van der Waals surface area contributed by atoms with E-state index in [1.165, 1.54) is 0 Å². The minimum absolute atomic E-state index is 0.00854. The Morgan fingerprint density at radius 3 is 2.45 bits per heavy atom. The number of thioether (sulfide) groups is 1. The average Bonchev–Trinajstić information content (AvgIpc) is 3.36. The number of carbonyl (C=O) groups excluding carboxylic acids is 2. The van der Waals surface area contributed by atoms with Gasteiger partial charge in [0.2, 0.25) is 0 Å². The maximum absolute atomic E-state index is 13.0. The molecule has 10 heteroatoms. The number of aliphatic hydroxyl groups is 1. The largest absolute Gasteiger partial charge is 0.506 e. The van der Waals surface area contributed by atoms with Gasteiger partial charge >= 0.3 is 5.97 Å². The number of aromatic nitrogens is 1. The number of ether oxygens (including phenoxy) is 2. The lowest BCUT2D eigenvalue weighted by Gasteiger charge is -2.18. The minimum Gasteiger partial charge on any atom is -0.506 e. The summed E-state index contributed by atoms with van der Waals surface area (Å²) in [7, 11) is 1.58. The smallest absolute Gasteiger partial charge is 0.344 e. The standard InChI is InChI=1S/C28H36N4O5S/c1-7-32(8-2)15-14-29-26(34)23-17(4)21(30-18(23)5)16-22-25(33)24(28(35)37-9-3)27(38-22)31-19-10-12-20(36-6)13-11-19/h10-13,16,30,33H,7-9,14-15H2,1-6H3,(H,29,34)/b22-16+,31-27?. The number of esters is 1. The molecular weight excluding hydrogens is 504 g/mol. The lowest BCUT2D eigenvalue weighted by molar-refractivity contribution is -0.138. The number of aliphatic imine (C=N–C) groups is 1. The van der Waals surface area contributed by atoms with Crippen molar-refractivity contribution < 1.29 is 24.2 Å². The Kier molecular flexibility index (Phi) is 10.2. The van der Waals surface area contributed by atoms with Crippen LogP contribution in [-0.2, 0) is 9.53 Å². The molecular formula is C28H36N4O5S. The van der Waals surface area contributed by atoms with Crippen LogP contribution in [0.5, 0.6) is 5.75 Å². The van der Waals surface area contributed by atoms with Crippen LogP contribution < -0.4 is 10.1 Å². The Labute approximate surface area is 228 Å². The molecule has 0 atom stereocenters. The van der Waals surface area contributed by atoms with Crippen LogP contribution in [0.25, 0.3) is 6.08 Å². The molecule has 1 amide bonds. The van der Waals surface area contributed by atoms with Gasteiger partial charge in [0, 0.05) is 24.5 Å². The highest BCUT2D eigenvalue weighted by Gasteiger charge is 2.33. The fraction of sp³-hybridized carbons (Fsp3) is 0.393. The monoisotopic (exact) mass is 540 g/mol. The number of hydrogen-bond donors (Lipinski definition) is 3. The highest BCUT2D eigenvalue weighted by atomic mass is 32.2. The van der Waals surface area contributed by atoms with E-state index in [4.69, 9.17) is 9.47 Å². The van der Waals surface area contributed by atoms with E-state index in [9.17, 15) is 14.7 Å². The number of hydrogen-bond acceptors (Lipinski definition) is 8. The zero-order valence-corrected chi connectivity index (χ0v) is 23.6. The van der Waals surface area contributed by atoms with Crippen molar-refractivity contribution in [3.8, 4) is 5.75 Å². The Balaban J connectivity index is 1.91. The first-order valence-electron chi connectivity index (χ1n) is 12.7. The van der Waals surface area contributed by atoms with E-state index in [1.807, 2.05) is 13.8 Å². The highest BCUT2D eigenvalue weighted by Crippen LogP contribution is 2.40. The molecule has 2 aromatic rings. The van der Waals surface area contributed by atoms with Crippen molar-refractivity contribution in [2.75, 3.05) is 39.9 Å². The number of nitrogens with zero attached hydrogens (tertiary/aromatic N) is 2. The van der Waals surface area contributed by atoms with E-state index < -0.39 is 5.97 Å². The number of methoxy groups -OCH3 is 1. The number of carbonyl (C=O) groups is 2. The second-order valence-electron chi connectivity index (χ2n) is 8.62. The van der Waals surface area contributed by atoms with Gasteiger partial charge < -0.3 is 29.8 Å². The molecule has 1 aromatic carbocycles. The molecule has 1 aromatic heterocycles. The van der Waals surface area contributed by atoms with Gasteiger partial charge in [0.1, 0.15) is 22.1 Å². The number of aromatic amines is 1. The second kappa shape index (κ2) is 13.3. The Bertz CT molecular complexity index is 1260. The van der Waals surface area contributed by atoms with Crippen molar-refractivity contribution in [2.45, 2.75) is 34.6 Å². The quantitative estimate of drug-likeness (QED) is 0.347. The molecule has 9 nitrogen and oxygen atoms in total. The number of rotatable bonds is 11. The Hall–Kier alpha value is -3.50. The van der Waals surface area contributed by atoms with Crippen LogP contribution in [0.15, 0.2) is 45.5 Å². The number of likely N-dealkylation sites (N-methyl/N-ethyl adjacent to an activating group) is 1. The van der Waals surface area contributed by atoms with E-state index in [-0.39, 0.29) is 23.8 Å². The van der Waals surface area contributed by atoms with Crippen LogP contribution >= 0.6 is 11.8 Å². The molecule has 0 radical (unpaired) electrons. The molecule has 0 saturated carbocycles. The van der Waals surface area contributed by atoms with Crippen LogP contribution in [0.3, 0.4) is 0 Å². The number of amides is 1. The molecule has 0 bridgehead atoms. The molecule has 3 rings (SSSR count). The normalized spacial score (nSPS) is 15.6. The summed E-state index contributed by atoms with van der Waals surface area (Å²) in [5.41, 5.74) is 3.31. The van der Waals surface area contributed by atoms with Gasteiger partial charge in [-0.2, -0.15) is 0 Å². The van der Waals surface area contributed by atoms with Crippen molar-refractivity contribution in [3.63, 3.8) is 0 Å². The van der Waals surface area contributed by atoms with E-state index in [0.29, 0.717) is 39.2 Å². The first-order valence-corrected chi connectivity index (χ1v) is 13.5.